The number of ketones is 1. The van der Waals surface area contributed by atoms with Gasteiger partial charge in [0, 0.05) is 30.9 Å². The molecule has 166 valence electrons. The molecule has 0 spiro atoms. The van der Waals surface area contributed by atoms with Gasteiger partial charge in [0.1, 0.15) is 11.6 Å². The van der Waals surface area contributed by atoms with E-state index >= 15 is 0 Å². The third-order valence-corrected chi connectivity index (χ3v) is 5.40. The zero-order valence-electron chi connectivity index (χ0n) is 18.1. The highest BCUT2D eigenvalue weighted by Crippen LogP contribution is 2.39. The number of carbonyl (C=O) groups excluding carboxylic acids is 1. The Kier molecular flexibility index (Phi) is 6.69. The summed E-state index contributed by atoms with van der Waals surface area (Å²) < 4.78 is 16.6. The second kappa shape index (κ2) is 9.65. The first-order valence-corrected chi connectivity index (χ1v) is 10.8. The first kappa shape index (κ1) is 22.2. The predicted molar refractivity (Wildman–Crippen MR) is 122 cm³/mol. The Morgan fingerprint density at radius 2 is 1.75 bits per heavy atom. The third-order valence-electron chi connectivity index (χ3n) is 5.10. The maximum Gasteiger partial charge on any atom is 0.219 e. The van der Waals surface area contributed by atoms with Crippen LogP contribution in [0.1, 0.15) is 47.4 Å². The van der Waals surface area contributed by atoms with Gasteiger partial charge in [-0.3, -0.25) is 4.79 Å². The van der Waals surface area contributed by atoms with E-state index in [4.69, 9.17) is 25.8 Å². The molecule has 2 aromatic carbocycles. The van der Waals surface area contributed by atoms with Gasteiger partial charge in [-0.05, 0) is 31.5 Å². The number of methoxy groups -OCH3 is 1. The van der Waals surface area contributed by atoms with Crippen LogP contribution in [0.4, 0.5) is 5.82 Å². The lowest BCUT2D eigenvalue weighted by Crippen LogP contribution is -2.16. The van der Waals surface area contributed by atoms with E-state index in [0.29, 0.717) is 59.0 Å². The Balaban J connectivity index is 1.75. The monoisotopic (exact) mass is 453 g/mol. The van der Waals surface area contributed by atoms with Gasteiger partial charge in [0.2, 0.25) is 6.29 Å². The van der Waals surface area contributed by atoms with E-state index in [-0.39, 0.29) is 5.78 Å². The number of halogens is 1. The molecule has 0 unspecified atom stereocenters. The number of fused-ring (bicyclic) bond motifs is 3. The molecule has 1 aliphatic carbocycles. The molecular formula is C24H24ClN3O4. The predicted octanol–water partition coefficient (Wildman–Crippen LogP) is 5.03. The van der Waals surface area contributed by atoms with Crippen LogP contribution in [0.15, 0.2) is 42.5 Å². The third kappa shape index (κ3) is 4.19. The molecule has 4 rings (SSSR count). The van der Waals surface area contributed by atoms with Gasteiger partial charge < -0.3 is 19.5 Å². The van der Waals surface area contributed by atoms with Crippen molar-refractivity contribution in [2.45, 2.75) is 26.7 Å². The zero-order chi connectivity index (χ0) is 22.7. The molecule has 1 N–H and O–H groups in total. The molecule has 0 radical (unpaired) electrons. The first-order valence-electron chi connectivity index (χ1n) is 10.4. The summed E-state index contributed by atoms with van der Waals surface area (Å²) in [5.74, 6) is 1.29. The van der Waals surface area contributed by atoms with E-state index < -0.39 is 6.29 Å². The van der Waals surface area contributed by atoms with Gasteiger partial charge in [-0.2, -0.15) is 0 Å². The van der Waals surface area contributed by atoms with E-state index in [0.717, 1.165) is 11.1 Å². The van der Waals surface area contributed by atoms with Gasteiger partial charge in [-0.25, -0.2) is 9.97 Å². The number of aromatic nitrogens is 2. The average molecular weight is 454 g/mol. The van der Waals surface area contributed by atoms with E-state index in [1.54, 1.807) is 19.2 Å². The number of hydrogen-bond donors (Lipinski definition) is 1. The van der Waals surface area contributed by atoms with Crippen LogP contribution >= 0.6 is 11.6 Å². The lowest BCUT2D eigenvalue weighted by atomic mass is 10.1. The van der Waals surface area contributed by atoms with Crippen molar-refractivity contribution in [1.82, 2.24) is 9.97 Å². The largest absolute Gasteiger partial charge is 0.495 e. The summed E-state index contributed by atoms with van der Waals surface area (Å²) in [5.41, 5.74) is 3.32. The van der Waals surface area contributed by atoms with Gasteiger partial charge >= 0.3 is 0 Å². The number of nitrogens with zero attached hydrogens (tertiary/aromatic N) is 2. The SMILES string of the molecule is CCOC(OCC)c1nc(NCc2ccc(OC)c(Cl)c2)c2c(n1)-c1ccccc1C2=O. The minimum atomic E-state index is -0.728. The van der Waals surface area contributed by atoms with Gasteiger partial charge in [-0.1, -0.05) is 41.9 Å². The molecule has 0 bridgehead atoms. The highest BCUT2D eigenvalue weighted by atomic mass is 35.5. The molecule has 3 aromatic rings. The first-order chi connectivity index (χ1) is 15.6. The Hall–Kier alpha value is -3.00. The molecule has 0 fully saturated rings. The number of carbonyl (C=O) groups is 1. The lowest BCUT2D eigenvalue weighted by Gasteiger charge is -2.18. The van der Waals surface area contributed by atoms with Gasteiger partial charge in [0.15, 0.2) is 11.6 Å². The van der Waals surface area contributed by atoms with E-state index in [2.05, 4.69) is 15.3 Å². The van der Waals surface area contributed by atoms with E-state index in [1.807, 2.05) is 44.2 Å². The molecule has 0 aliphatic heterocycles. The summed E-state index contributed by atoms with van der Waals surface area (Å²) in [5, 5.41) is 3.80. The minimum absolute atomic E-state index is 0.109. The summed E-state index contributed by atoms with van der Waals surface area (Å²) in [7, 11) is 1.57. The molecule has 0 saturated heterocycles. The van der Waals surface area contributed by atoms with Crippen molar-refractivity contribution in [2.75, 3.05) is 25.6 Å². The molecule has 32 heavy (non-hydrogen) atoms. The van der Waals surface area contributed by atoms with E-state index in [1.165, 1.54) is 0 Å². The van der Waals surface area contributed by atoms with Crippen molar-refractivity contribution in [3.63, 3.8) is 0 Å². The Morgan fingerprint density at radius 3 is 2.41 bits per heavy atom. The summed E-state index contributed by atoms with van der Waals surface area (Å²) >= 11 is 6.26. The molecule has 1 aromatic heterocycles. The molecule has 0 saturated carbocycles. The maximum atomic E-state index is 13.2. The zero-order valence-corrected chi connectivity index (χ0v) is 18.9. The Labute approximate surface area is 191 Å². The quantitative estimate of drug-likeness (QED) is 0.356. The molecule has 8 heteroatoms. The van der Waals surface area contributed by atoms with Crippen molar-refractivity contribution in [1.29, 1.82) is 0 Å². The molecular weight excluding hydrogens is 430 g/mol. The van der Waals surface area contributed by atoms with Crippen LogP contribution in [-0.2, 0) is 16.0 Å². The number of anilines is 1. The van der Waals surface area contributed by atoms with Gasteiger partial charge in [0.05, 0.1) is 23.4 Å². The minimum Gasteiger partial charge on any atom is -0.495 e. The highest BCUT2D eigenvalue weighted by Gasteiger charge is 2.33. The van der Waals surface area contributed by atoms with Crippen molar-refractivity contribution < 1.29 is 19.0 Å². The second-order valence-electron chi connectivity index (χ2n) is 7.09. The lowest BCUT2D eigenvalue weighted by molar-refractivity contribution is -0.145. The number of hydrogen-bond acceptors (Lipinski definition) is 7. The van der Waals surface area contributed by atoms with Crippen LogP contribution in [0.2, 0.25) is 5.02 Å². The number of rotatable bonds is 9. The van der Waals surface area contributed by atoms with Crippen molar-refractivity contribution >= 4 is 23.2 Å². The molecule has 1 heterocycles. The topological polar surface area (TPSA) is 82.6 Å². The smallest absolute Gasteiger partial charge is 0.219 e. The molecule has 0 atom stereocenters. The summed E-state index contributed by atoms with van der Waals surface area (Å²) in [6.45, 7) is 5.04. The highest BCUT2D eigenvalue weighted by molar-refractivity contribution is 6.32. The van der Waals surface area contributed by atoms with Crippen LogP contribution in [0.5, 0.6) is 5.75 Å². The fourth-order valence-corrected chi connectivity index (χ4v) is 3.93. The van der Waals surface area contributed by atoms with Crippen LogP contribution in [0.3, 0.4) is 0 Å². The van der Waals surface area contributed by atoms with Crippen LogP contribution in [-0.4, -0.2) is 36.1 Å². The number of benzene rings is 2. The van der Waals surface area contributed by atoms with Gasteiger partial charge in [-0.15, -0.1) is 0 Å². The molecule has 7 nitrogen and oxygen atoms in total. The average Bonchev–Trinajstić information content (AvgIpc) is 3.10. The van der Waals surface area contributed by atoms with Crippen molar-refractivity contribution in [3.8, 4) is 17.0 Å². The summed E-state index contributed by atoms with van der Waals surface area (Å²) in [6.07, 6.45) is -0.728. The fraction of sp³-hybridized carbons (Fsp3) is 0.292. The Bertz CT molecular complexity index is 1150. The van der Waals surface area contributed by atoms with Crippen LogP contribution in [0, 0.1) is 0 Å². The summed E-state index contributed by atoms with van der Waals surface area (Å²) in [4.78, 5) is 22.5. The molecule has 1 aliphatic rings. The van der Waals surface area contributed by atoms with Crippen LogP contribution < -0.4 is 10.1 Å². The molecule has 0 amide bonds. The number of nitrogens with one attached hydrogen (secondary N) is 1. The second-order valence-corrected chi connectivity index (χ2v) is 7.50. The normalized spacial score (nSPS) is 12.1. The van der Waals surface area contributed by atoms with E-state index in [9.17, 15) is 4.79 Å². The van der Waals surface area contributed by atoms with Crippen molar-refractivity contribution in [2.24, 2.45) is 0 Å². The maximum absolute atomic E-state index is 13.2. The Morgan fingerprint density at radius 1 is 1.03 bits per heavy atom. The van der Waals surface area contributed by atoms with Gasteiger partial charge in [0.25, 0.3) is 0 Å². The summed E-state index contributed by atoms with van der Waals surface area (Å²) in [6, 6.07) is 12.9. The standard InChI is InChI=1S/C24H24ClN3O4/c1-4-31-24(32-5-2)23-27-20-15-8-6-7-9-16(15)21(29)19(20)22(28-23)26-13-14-10-11-18(30-3)17(25)12-14/h6-12,24H,4-5,13H2,1-3H3,(H,26,27,28). The van der Waals surface area contributed by atoms with Crippen molar-refractivity contribution in [3.05, 3.63) is 70.0 Å². The van der Waals surface area contributed by atoms with Crippen LogP contribution in [0.25, 0.3) is 11.3 Å². The fourth-order valence-electron chi connectivity index (χ4n) is 3.65. The number of ether oxygens (including phenoxy) is 3.